The molecule has 12 aromatic rings. The molecule has 0 atom stereocenters. The molecule has 65 heavy (non-hydrogen) atoms. The largest absolute Gasteiger partial charge is 0.0610 e. The molecule has 0 aromatic heterocycles. The minimum absolute atomic E-state index is 0.158. The van der Waals surface area contributed by atoms with E-state index in [-0.39, 0.29) is 5.41 Å². The summed E-state index contributed by atoms with van der Waals surface area (Å²) in [6.45, 7) is 13.9. The van der Waals surface area contributed by atoms with Crippen molar-refractivity contribution in [2.45, 2.75) is 58.8 Å². The Hall–Kier alpha value is -7.28. The van der Waals surface area contributed by atoms with Crippen LogP contribution >= 0.6 is 0 Å². The minimum Gasteiger partial charge on any atom is -0.0610 e. The van der Waals surface area contributed by atoms with Crippen molar-refractivity contribution in [1.82, 2.24) is 0 Å². The van der Waals surface area contributed by atoms with Gasteiger partial charge >= 0.3 is 0 Å². The van der Waals surface area contributed by atoms with Gasteiger partial charge in [-0.05, 0) is 179 Å². The summed E-state index contributed by atoms with van der Waals surface area (Å²) < 4.78 is 0. The van der Waals surface area contributed by atoms with E-state index in [4.69, 9.17) is 0 Å². The van der Waals surface area contributed by atoms with Crippen molar-refractivity contribution in [1.29, 1.82) is 0 Å². The fraction of sp³-hybridized carbons (Fsp3) is 0.138. The van der Waals surface area contributed by atoms with Crippen LogP contribution in [0.15, 0.2) is 182 Å². The lowest BCUT2D eigenvalue weighted by Gasteiger charge is -2.23. The second kappa shape index (κ2) is 13.9. The van der Waals surface area contributed by atoms with Crippen LogP contribution in [-0.4, -0.2) is 0 Å². The van der Waals surface area contributed by atoms with Gasteiger partial charge < -0.3 is 0 Å². The van der Waals surface area contributed by atoms with E-state index in [2.05, 4.69) is 224 Å². The van der Waals surface area contributed by atoms with Crippen molar-refractivity contribution in [3.63, 3.8) is 0 Å². The first-order chi connectivity index (χ1) is 31.6. The van der Waals surface area contributed by atoms with E-state index in [9.17, 15) is 0 Å². The normalized spacial score (nSPS) is 13.5. The van der Waals surface area contributed by atoms with Crippen LogP contribution in [0.3, 0.4) is 0 Å². The molecule has 1 aliphatic carbocycles. The van der Waals surface area contributed by atoms with Crippen LogP contribution in [0.25, 0.3) is 120 Å². The zero-order valence-electron chi connectivity index (χ0n) is 38.0. The van der Waals surface area contributed by atoms with Crippen molar-refractivity contribution in [3.8, 4) is 55.6 Å². The van der Waals surface area contributed by atoms with Crippen LogP contribution in [0.2, 0.25) is 0 Å². The van der Waals surface area contributed by atoms with E-state index in [1.807, 2.05) is 0 Å². The summed E-state index contributed by atoms with van der Waals surface area (Å²) >= 11 is 0. The highest BCUT2D eigenvalue weighted by Gasteiger charge is 2.36. The quantitative estimate of drug-likeness (QED) is 0.146. The lowest BCUT2D eigenvalue weighted by atomic mass is 9.80. The molecule has 0 saturated carbocycles. The lowest BCUT2D eigenvalue weighted by Crippen LogP contribution is -2.15. The van der Waals surface area contributed by atoms with Crippen LogP contribution in [0.5, 0.6) is 0 Å². The second-order valence-corrected chi connectivity index (χ2v) is 20.1. The number of hydrogen-bond acceptors (Lipinski definition) is 0. The fourth-order valence-electron chi connectivity index (χ4n) is 11.7. The maximum Gasteiger partial charge on any atom is 0.0159 e. The topological polar surface area (TPSA) is 0 Å². The molecule has 0 N–H and O–H groups in total. The summed E-state index contributed by atoms with van der Waals surface area (Å²) in [6.07, 6.45) is 0. The van der Waals surface area contributed by atoms with Crippen LogP contribution in [0.1, 0.15) is 75.6 Å². The van der Waals surface area contributed by atoms with E-state index < -0.39 is 0 Å². The SMILES string of the molecule is CC(C)c1cc2ccc3ccc(-c4cccc(-c5ccc6c(c5)C(C)(C)c5cc(-c7cccc(-c8ccc9ccc%10cc(C(C)C)cc%11ccc8c9c%10%11)c7)ccc5-6)c4)c4ccc(c1)c2c34. The molecule has 0 amide bonds. The molecular formula is C65H50. The van der Waals surface area contributed by atoms with Crippen molar-refractivity contribution in [2.24, 2.45) is 0 Å². The van der Waals surface area contributed by atoms with Gasteiger partial charge in [-0.2, -0.15) is 0 Å². The van der Waals surface area contributed by atoms with Crippen molar-refractivity contribution in [2.75, 3.05) is 0 Å². The molecule has 13 rings (SSSR count). The van der Waals surface area contributed by atoms with E-state index in [1.54, 1.807) is 0 Å². The molecule has 0 spiro atoms. The molecule has 310 valence electrons. The van der Waals surface area contributed by atoms with Crippen LogP contribution in [0, 0.1) is 0 Å². The molecule has 1 aliphatic rings. The molecule has 0 heteroatoms. The van der Waals surface area contributed by atoms with Crippen LogP contribution < -0.4 is 0 Å². The zero-order chi connectivity index (χ0) is 43.9. The Morgan fingerprint density at radius 3 is 1.05 bits per heavy atom. The van der Waals surface area contributed by atoms with Gasteiger partial charge in [0.05, 0.1) is 0 Å². The third-order valence-corrected chi connectivity index (χ3v) is 15.3. The highest BCUT2D eigenvalue weighted by molar-refractivity contribution is 6.27. The van der Waals surface area contributed by atoms with E-state index >= 15 is 0 Å². The average Bonchev–Trinajstić information content (AvgIpc) is 3.56. The van der Waals surface area contributed by atoms with Gasteiger partial charge in [0.1, 0.15) is 0 Å². The maximum atomic E-state index is 2.46. The number of fused-ring (bicyclic) bond motifs is 3. The van der Waals surface area contributed by atoms with Crippen molar-refractivity contribution >= 4 is 64.6 Å². The fourth-order valence-corrected chi connectivity index (χ4v) is 11.7. The van der Waals surface area contributed by atoms with Crippen LogP contribution in [-0.2, 0) is 5.41 Å². The Balaban J connectivity index is 0.847. The Morgan fingerprint density at radius 1 is 0.292 bits per heavy atom. The average molecular weight is 831 g/mol. The molecule has 0 radical (unpaired) electrons. The maximum absolute atomic E-state index is 2.46. The highest BCUT2D eigenvalue weighted by Crippen LogP contribution is 2.51. The Bertz CT molecular complexity index is 3620. The predicted octanol–water partition coefficient (Wildman–Crippen LogP) is 18.7. The lowest BCUT2D eigenvalue weighted by molar-refractivity contribution is 0.661. The summed E-state index contributed by atoms with van der Waals surface area (Å²) in [7, 11) is 0. The first-order valence-corrected chi connectivity index (χ1v) is 23.5. The predicted molar refractivity (Wildman–Crippen MR) is 281 cm³/mol. The number of rotatable bonds is 6. The molecule has 0 heterocycles. The molecule has 0 unspecified atom stereocenters. The van der Waals surface area contributed by atoms with Gasteiger partial charge in [0, 0.05) is 5.41 Å². The molecule has 0 fully saturated rings. The van der Waals surface area contributed by atoms with E-state index in [0.717, 1.165) is 0 Å². The van der Waals surface area contributed by atoms with E-state index in [1.165, 1.54) is 143 Å². The van der Waals surface area contributed by atoms with Crippen molar-refractivity contribution in [3.05, 3.63) is 204 Å². The van der Waals surface area contributed by atoms with Gasteiger partial charge in [-0.15, -0.1) is 0 Å². The monoisotopic (exact) mass is 830 g/mol. The minimum atomic E-state index is -0.158. The van der Waals surface area contributed by atoms with Gasteiger partial charge in [-0.25, -0.2) is 0 Å². The van der Waals surface area contributed by atoms with Gasteiger partial charge in [-0.1, -0.05) is 199 Å². The van der Waals surface area contributed by atoms with Crippen molar-refractivity contribution < 1.29 is 0 Å². The third-order valence-electron chi connectivity index (χ3n) is 15.3. The third kappa shape index (κ3) is 5.69. The van der Waals surface area contributed by atoms with E-state index in [0.29, 0.717) is 11.8 Å². The van der Waals surface area contributed by atoms with Gasteiger partial charge in [0.25, 0.3) is 0 Å². The molecule has 0 nitrogen and oxygen atoms in total. The summed E-state index contributed by atoms with van der Waals surface area (Å²) in [4.78, 5) is 0. The zero-order valence-corrected chi connectivity index (χ0v) is 38.0. The highest BCUT2D eigenvalue weighted by atomic mass is 14.4. The Labute approximate surface area is 381 Å². The standard InChI is InChI=1S/C65H50/c1-37(2)51-31-47-15-13-39-17-23-53(57-27-21-49(33-51)61(47)63(39)57)45-11-7-9-41(29-45)43-19-25-55-56-26-20-44(36-60(56)65(5,6)59(55)35-43)42-10-8-12-46(30-42)54-24-18-40-14-16-48-32-52(38(3)4)34-50-22-28-58(54)64(40)62(48)50/h7-38H,1-6H3. The number of benzene rings is 12. The Kier molecular flexibility index (Phi) is 8.15. The summed E-state index contributed by atoms with van der Waals surface area (Å²) in [5, 5.41) is 16.1. The molecule has 12 aromatic carbocycles. The van der Waals surface area contributed by atoms with Gasteiger partial charge in [0.2, 0.25) is 0 Å². The summed E-state index contributed by atoms with van der Waals surface area (Å²) in [5.74, 6) is 0.984. The molecule has 0 bridgehead atoms. The first-order valence-electron chi connectivity index (χ1n) is 23.5. The number of hydrogen-bond donors (Lipinski definition) is 0. The van der Waals surface area contributed by atoms with Gasteiger partial charge in [0.15, 0.2) is 0 Å². The molecular weight excluding hydrogens is 781 g/mol. The first kappa shape index (κ1) is 38.2. The molecule has 0 aliphatic heterocycles. The van der Waals surface area contributed by atoms with Crippen LogP contribution in [0.4, 0.5) is 0 Å². The van der Waals surface area contributed by atoms with Gasteiger partial charge in [-0.3, -0.25) is 0 Å². The smallest absolute Gasteiger partial charge is 0.0159 e. The Morgan fingerprint density at radius 2 is 0.631 bits per heavy atom. The summed E-state index contributed by atoms with van der Waals surface area (Å²) in [5.41, 5.74) is 18.2. The summed E-state index contributed by atoms with van der Waals surface area (Å²) in [6, 6.07) is 70.1. The second-order valence-electron chi connectivity index (χ2n) is 20.1. The molecule has 0 saturated heterocycles.